The van der Waals surface area contributed by atoms with Crippen molar-refractivity contribution in [2.75, 3.05) is 7.11 Å². The SMILES string of the molecule is COc1ccc(C(C)N[C@H](C)c2cccc3ccccc23)cc1C.Cl. The zero-order valence-electron chi connectivity index (χ0n) is 15.2. The summed E-state index contributed by atoms with van der Waals surface area (Å²) in [4.78, 5) is 0. The highest BCUT2D eigenvalue weighted by atomic mass is 35.5. The molecule has 0 amide bonds. The van der Waals surface area contributed by atoms with Crippen molar-refractivity contribution in [3.63, 3.8) is 0 Å². The Kier molecular flexibility index (Phi) is 6.46. The lowest BCUT2D eigenvalue weighted by atomic mass is 9.98. The summed E-state index contributed by atoms with van der Waals surface area (Å²) in [6.45, 7) is 6.53. The van der Waals surface area contributed by atoms with Gasteiger partial charge in [0, 0.05) is 12.1 Å². The van der Waals surface area contributed by atoms with Gasteiger partial charge in [-0.1, -0.05) is 54.6 Å². The number of aryl methyl sites for hydroxylation is 1. The van der Waals surface area contributed by atoms with E-state index in [-0.39, 0.29) is 24.5 Å². The van der Waals surface area contributed by atoms with E-state index in [1.54, 1.807) is 7.11 Å². The largest absolute Gasteiger partial charge is 0.496 e. The molecule has 0 saturated carbocycles. The zero-order chi connectivity index (χ0) is 17.1. The average molecular weight is 356 g/mol. The Hall–Kier alpha value is -2.03. The van der Waals surface area contributed by atoms with Crippen LogP contribution in [0.5, 0.6) is 5.75 Å². The molecule has 0 aliphatic carbocycles. The van der Waals surface area contributed by atoms with Crippen molar-refractivity contribution in [3.05, 3.63) is 77.4 Å². The van der Waals surface area contributed by atoms with Gasteiger partial charge < -0.3 is 10.1 Å². The molecule has 0 aliphatic rings. The van der Waals surface area contributed by atoms with Gasteiger partial charge in [0.2, 0.25) is 0 Å². The third-order valence-electron chi connectivity index (χ3n) is 4.71. The highest BCUT2D eigenvalue weighted by molar-refractivity contribution is 5.86. The van der Waals surface area contributed by atoms with E-state index in [0.29, 0.717) is 0 Å². The maximum absolute atomic E-state index is 5.36. The van der Waals surface area contributed by atoms with E-state index in [1.165, 1.54) is 27.5 Å². The minimum absolute atomic E-state index is 0. The van der Waals surface area contributed by atoms with Gasteiger partial charge in [0.25, 0.3) is 0 Å². The maximum Gasteiger partial charge on any atom is 0.121 e. The van der Waals surface area contributed by atoms with Gasteiger partial charge in [0.05, 0.1) is 7.11 Å². The van der Waals surface area contributed by atoms with Crippen LogP contribution in [-0.4, -0.2) is 7.11 Å². The highest BCUT2D eigenvalue weighted by Gasteiger charge is 2.14. The van der Waals surface area contributed by atoms with E-state index in [9.17, 15) is 0 Å². The molecule has 0 bridgehead atoms. The van der Waals surface area contributed by atoms with Gasteiger partial charge in [-0.05, 0) is 54.3 Å². The number of nitrogens with one attached hydrogen (secondary N) is 1. The number of methoxy groups -OCH3 is 1. The third-order valence-corrected chi connectivity index (χ3v) is 4.71. The Morgan fingerprint density at radius 3 is 2.32 bits per heavy atom. The fourth-order valence-corrected chi connectivity index (χ4v) is 3.36. The van der Waals surface area contributed by atoms with E-state index in [0.717, 1.165) is 5.75 Å². The maximum atomic E-state index is 5.36. The summed E-state index contributed by atoms with van der Waals surface area (Å²) in [6, 6.07) is 22.0. The number of rotatable bonds is 5. The molecule has 0 aliphatic heterocycles. The third kappa shape index (κ3) is 4.15. The second-order valence-corrected chi connectivity index (χ2v) is 6.41. The molecule has 2 nitrogen and oxygen atoms in total. The van der Waals surface area contributed by atoms with Crippen LogP contribution in [-0.2, 0) is 0 Å². The van der Waals surface area contributed by atoms with Crippen molar-refractivity contribution in [1.82, 2.24) is 5.32 Å². The van der Waals surface area contributed by atoms with Crippen LogP contribution in [0.3, 0.4) is 0 Å². The summed E-state index contributed by atoms with van der Waals surface area (Å²) in [5, 5.41) is 6.33. The molecule has 1 unspecified atom stereocenters. The Bertz CT molecular complexity index is 841. The number of halogens is 1. The summed E-state index contributed by atoms with van der Waals surface area (Å²) in [7, 11) is 1.71. The van der Waals surface area contributed by atoms with Crippen LogP contribution in [0.4, 0.5) is 0 Å². The summed E-state index contributed by atoms with van der Waals surface area (Å²) in [6.07, 6.45) is 0. The second-order valence-electron chi connectivity index (χ2n) is 6.41. The smallest absolute Gasteiger partial charge is 0.121 e. The quantitative estimate of drug-likeness (QED) is 0.606. The van der Waals surface area contributed by atoms with Crippen LogP contribution in [0, 0.1) is 6.92 Å². The molecule has 0 aromatic heterocycles. The molecule has 0 fully saturated rings. The number of fused-ring (bicyclic) bond motifs is 1. The average Bonchev–Trinajstić information content (AvgIpc) is 2.61. The van der Waals surface area contributed by atoms with Crippen LogP contribution < -0.4 is 10.1 Å². The molecular weight excluding hydrogens is 330 g/mol. The van der Waals surface area contributed by atoms with Gasteiger partial charge >= 0.3 is 0 Å². The van der Waals surface area contributed by atoms with Crippen molar-refractivity contribution < 1.29 is 4.74 Å². The van der Waals surface area contributed by atoms with Gasteiger partial charge in [-0.15, -0.1) is 12.4 Å². The molecule has 0 radical (unpaired) electrons. The predicted molar refractivity (Wildman–Crippen MR) is 109 cm³/mol. The first-order valence-electron chi connectivity index (χ1n) is 8.48. The first kappa shape index (κ1) is 19.3. The van der Waals surface area contributed by atoms with Crippen LogP contribution in [0.1, 0.15) is 42.6 Å². The lowest BCUT2D eigenvalue weighted by Crippen LogP contribution is -2.22. The first-order chi connectivity index (χ1) is 11.6. The first-order valence-corrected chi connectivity index (χ1v) is 8.48. The fourth-order valence-electron chi connectivity index (χ4n) is 3.36. The molecule has 2 atom stereocenters. The molecule has 3 aromatic rings. The van der Waals surface area contributed by atoms with Crippen LogP contribution in [0.25, 0.3) is 10.8 Å². The van der Waals surface area contributed by atoms with Gasteiger partial charge in [0.15, 0.2) is 0 Å². The Morgan fingerprint density at radius 1 is 0.880 bits per heavy atom. The van der Waals surface area contributed by atoms with Crippen LogP contribution in [0.15, 0.2) is 60.7 Å². The summed E-state index contributed by atoms with van der Waals surface area (Å²) < 4.78 is 5.36. The molecule has 3 rings (SSSR count). The Morgan fingerprint density at radius 2 is 1.60 bits per heavy atom. The summed E-state index contributed by atoms with van der Waals surface area (Å²) in [5.41, 5.74) is 3.78. The monoisotopic (exact) mass is 355 g/mol. The topological polar surface area (TPSA) is 21.3 Å². The number of ether oxygens (including phenoxy) is 1. The Balaban J connectivity index is 0.00000225. The van der Waals surface area contributed by atoms with E-state index in [4.69, 9.17) is 4.74 Å². The number of hydrogen-bond donors (Lipinski definition) is 1. The van der Waals surface area contributed by atoms with E-state index >= 15 is 0 Å². The van der Waals surface area contributed by atoms with Crippen LogP contribution >= 0.6 is 12.4 Å². The molecule has 132 valence electrons. The lowest BCUT2D eigenvalue weighted by Gasteiger charge is -2.22. The van der Waals surface area contributed by atoms with E-state index in [1.807, 2.05) is 6.07 Å². The molecule has 3 aromatic carbocycles. The van der Waals surface area contributed by atoms with Crippen molar-refractivity contribution in [2.24, 2.45) is 0 Å². The molecule has 0 heterocycles. The van der Waals surface area contributed by atoms with Crippen molar-refractivity contribution in [2.45, 2.75) is 32.9 Å². The second kappa shape index (κ2) is 8.37. The normalized spacial score (nSPS) is 13.1. The van der Waals surface area contributed by atoms with Gasteiger partial charge in [-0.2, -0.15) is 0 Å². The standard InChI is InChI=1S/C22H25NO.ClH/c1-15-14-19(12-13-22(15)24-4)16(2)23-17(3)20-11-7-9-18-8-5-6-10-21(18)20;/h5-14,16-17,23H,1-4H3;1H/t16?,17-;/m1./s1. The van der Waals surface area contributed by atoms with E-state index < -0.39 is 0 Å². The van der Waals surface area contributed by atoms with Crippen molar-refractivity contribution in [1.29, 1.82) is 0 Å². The van der Waals surface area contributed by atoms with E-state index in [2.05, 4.69) is 80.7 Å². The predicted octanol–water partition coefficient (Wildman–Crippen LogP) is 5.99. The van der Waals surface area contributed by atoms with Crippen molar-refractivity contribution >= 4 is 23.2 Å². The summed E-state index contributed by atoms with van der Waals surface area (Å²) in [5.74, 6) is 0.938. The minimum atomic E-state index is 0. The summed E-state index contributed by atoms with van der Waals surface area (Å²) >= 11 is 0. The molecule has 25 heavy (non-hydrogen) atoms. The van der Waals surface area contributed by atoms with Gasteiger partial charge in [-0.3, -0.25) is 0 Å². The molecule has 0 spiro atoms. The Labute approximate surface area is 156 Å². The fraction of sp³-hybridized carbons (Fsp3) is 0.273. The van der Waals surface area contributed by atoms with Crippen molar-refractivity contribution in [3.8, 4) is 5.75 Å². The number of benzene rings is 3. The zero-order valence-corrected chi connectivity index (χ0v) is 16.1. The molecule has 0 saturated heterocycles. The molecule has 1 N–H and O–H groups in total. The lowest BCUT2D eigenvalue weighted by molar-refractivity contribution is 0.411. The van der Waals surface area contributed by atoms with Gasteiger partial charge in [0.1, 0.15) is 5.75 Å². The highest BCUT2D eigenvalue weighted by Crippen LogP contribution is 2.28. The van der Waals surface area contributed by atoms with Gasteiger partial charge in [-0.25, -0.2) is 0 Å². The number of hydrogen-bond acceptors (Lipinski definition) is 2. The molecular formula is C22H26ClNO. The minimum Gasteiger partial charge on any atom is -0.496 e. The van der Waals surface area contributed by atoms with Crippen LogP contribution in [0.2, 0.25) is 0 Å². The molecule has 3 heteroatoms.